The highest BCUT2D eigenvalue weighted by Gasteiger charge is 2.46. The van der Waals surface area contributed by atoms with Crippen molar-refractivity contribution in [3.8, 4) is 5.75 Å². The van der Waals surface area contributed by atoms with E-state index in [1.54, 1.807) is 73.7 Å². The van der Waals surface area contributed by atoms with E-state index in [2.05, 4.69) is 5.32 Å². The Hall–Kier alpha value is -4.78. The van der Waals surface area contributed by atoms with Crippen molar-refractivity contribution in [2.45, 2.75) is 13.0 Å². The Morgan fingerprint density at radius 2 is 1.59 bits per heavy atom. The van der Waals surface area contributed by atoms with Crippen LogP contribution in [-0.4, -0.2) is 30.0 Å². The second-order valence-electron chi connectivity index (χ2n) is 8.56. The minimum absolute atomic E-state index is 0.236. The predicted octanol–water partition coefficient (Wildman–Crippen LogP) is 5.16. The second kappa shape index (κ2) is 10.1. The van der Waals surface area contributed by atoms with Crippen LogP contribution in [0.25, 0.3) is 10.8 Å². The largest absolute Gasteiger partial charge is 0.492 e. The van der Waals surface area contributed by atoms with Crippen LogP contribution < -0.4 is 10.1 Å². The van der Waals surface area contributed by atoms with Crippen molar-refractivity contribution in [3.63, 3.8) is 0 Å². The zero-order valence-corrected chi connectivity index (χ0v) is 20.0. The normalized spacial score (nSPS) is 14.9. The minimum Gasteiger partial charge on any atom is -0.492 e. The zero-order chi connectivity index (χ0) is 25.9. The van der Waals surface area contributed by atoms with E-state index in [9.17, 15) is 19.2 Å². The van der Waals surface area contributed by atoms with Gasteiger partial charge in [0.25, 0.3) is 5.91 Å². The summed E-state index contributed by atoms with van der Waals surface area (Å²) in [5, 5.41) is 4.29. The Labute approximate surface area is 213 Å². The molecule has 1 amide bonds. The number of anilines is 1. The number of hydrogen-bond acceptors (Lipinski definition) is 6. The van der Waals surface area contributed by atoms with Gasteiger partial charge in [-0.05, 0) is 42.0 Å². The van der Waals surface area contributed by atoms with Gasteiger partial charge in [0.05, 0.1) is 17.9 Å². The number of benzene rings is 4. The van der Waals surface area contributed by atoms with Gasteiger partial charge in [-0.25, -0.2) is 4.79 Å². The van der Waals surface area contributed by atoms with Crippen LogP contribution in [0.2, 0.25) is 0 Å². The van der Waals surface area contributed by atoms with Crippen molar-refractivity contribution in [2.24, 2.45) is 5.92 Å². The number of amides is 1. The topological polar surface area (TPSA) is 98.8 Å². The first-order chi connectivity index (χ1) is 18.0. The van der Waals surface area contributed by atoms with Crippen LogP contribution in [0, 0.1) is 5.92 Å². The van der Waals surface area contributed by atoms with Gasteiger partial charge < -0.3 is 14.8 Å². The van der Waals surface area contributed by atoms with E-state index >= 15 is 0 Å². The number of para-hydroxylation sites is 2. The molecule has 5 rings (SSSR count). The van der Waals surface area contributed by atoms with Crippen molar-refractivity contribution in [2.75, 3.05) is 11.9 Å². The quantitative estimate of drug-likeness (QED) is 0.158. The molecule has 0 unspecified atom stereocenters. The van der Waals surface area contributed by atoms with E-state index in [1.165, 1.54) is 0 Å². The van der Waals surface area contributed by atoms with E-state index < -0.39 is 35.5 Å². The Balaban J connectivity index is 1.53. The van der Waals surface area contributed by atoms with Gasteiger partial charge in [-0.15, -0.1) is 0 Å². The van der Waals surface area contributed by atoms with E-state index in [-0.39, 0.29) is 11.1 Å². The van der Waals surface area contributed by atoms with E-state index in [4.69, 9.17) is 9.47 Å². The molecule has 1 N–H and O–H groups in total. The molecule has 1 heterocycles. The molecule has 0 saturated carbocycles. The zero-order valence-electron chi connectivity index (χ0n) is 20.0. The smallest absolute Gasteiger partial charge is 0.339 e. The average Bonchev–Trinajstić information content (AvgIpc) is 3.25. The molecule has 0 aromatic heterocycles. The summed E-state index contributed by atoms with van der Waals surface area (Å²) >= 11 is 0. The van der Waals surface area contributed by atoms with Crippen molar-refractivity contribution in [1.29, 1.82) is 0 Å². The summed E-state index contributed by atoms with van der Waals surface area (Å²) in [6.45, 7) is 2.16. The summed E-state index contributed by atoms with van der Waals surface area (Å²) in [5.74, 6) is -4.47. The summed E-state index contributed by atoms with van der Waals surface area (Å²) in [5.41, 5.74) is 1.18. The second-order valence-corrected chi connectivity index (χ2v) is 8.56. The molecule has 0 spiro atoms. The van der Waals surface area contributed by atoms with Gasteiger partial charge in [0, 0.05) is 11.1 Å². The highest BCUT2D eigenvalue weighted by Crippen LogP contribution is 2.38. The molecule has 184 valence electrons. The summed E-state index contributed by atoms with van der Waals surface area (Å²) in [7, 11) is 0. The number of carbonyl (C=O) groups excluding carboxylic acids is 4. The monoisotopic (exact) mass is 493 g/mol. The van der Waals surface area contributed by atoms with Gasteiger partial charge in [0.15, 0.2) is 5.78 Å². The number of carbonyl (C=O) groups is 4. The molecule has 4 aromatic rings. The lowest BCUT2D eigenvalue weighted by Crippen LogP contribution is -2.38. The third-order valence-electron chi connectivity index (χ3n) is 6.28. The minimum atomic E-state index is -1.58. The van der Waals surface area contributed by atoms with Crippen LogP contribution >= 0.6 is 0 Å². The molecule has 0 fully saturated rings. The summed E-state index contributed by atoms with van der Waals surface area (Å²) < 4.78 is 11.1. The van der Waals surface area contributed by atoms with E-state index in [1.807, 2.05) is 24.3 Å². The van der Waals surface area contributed by atoms with Crippen molar-refractivity contribution >= 4 is 39.9 Å². The Bertz CT molecular complexity index is 1540. The lowest BCUT2D eigenvalue weighted by atomic mass is 9.84. The molecule has 1 aliphatic rings. The Morgan fingerprint density at radius 3 is 2.41 bits per heavy atom. The van der Waals surface area contributed by atoms with Crippen molar-refractivity contribution in [3.05, 3.63) is 108 Å². The predicted molar refractivity (Wildman–Crippen MR) is 138 cm³/mol. The van der Waals surface area contributed by atoms with Crippen molar-refractivity contribution < 1.29 is 28.7 Å². The molecule has 0 aliphatic carbocycles. The van der Waals surface area contributed by atoms with Crippen LogP contribution in [0.15, 0.2) is 91.0 Å². The number of rotatable bonds is 8. The van der Waals surface area contributed by atoms with Crippen molar-refractivity contribution in [1.82, 2.24) is 0 Å². The van der Waals surface area contributed by atoms with Gasteiger partial charge in [0.1, 0.15) is 17.8 Å². The summed E-state index contributed by atoms with van der Waals surface area (Å²) in [6.07, 6.45) is -1.23. The molecule has 0 saturated heterocycles. The van der Waals surface area contributed by atoms with E-state index in [0.29, 0.717) is 23.6 Å². The van der Waals surface area contributed by atoms with Gasteiger partial charge in [0.2, 0.25) is 5.78 Å². The molecular formula is C30H23NO6. The highest BCUT2D eigenvalue weighted by molar-refractivity contribution is 6.45. The fourth-order valence-electron chi connectivity index (χ4n) is 4.51. The molecule has 7 nitrogen and oxygen atoms in total. The number of cyclic esters (lactones) is 1. The molecule has 37 heavy (non-hydrogen) atoms. The number of ketones is 2. The fourth-order valence-corrected chi connectivity index (χ4v) is 4.51. The van der Waals surface area contributed by atoms with Crippen LogP contribution in [0.1, 0.15) is 39.3 Å². The molecule has 7 heteroatoms. The molecule has 0 radical (unpaired) electrons. The molecule has 4 aromatic carbocycles. The van der Waals surface area contributed by atoms with E-state index in [0.717, 1.165) is 10.8 Å². The van der Waals surface area contributed by atoms with Gasteiger partial charge in [-0.1, -0.05) is 66.7 Å². The van der Waals surface area contributed by atoms with Crippen LogP contribution in [0.4, 0.5) is 5.69 Å². The number of nitrogens with one attached hydrogen (secondary N) is 1. The Morgan fingerprint density at radius 1 is 0.892 bits per heavy atom. The first-order valence-electron chi connectivity index (χ1n) is 11.9. The van der Waals surface area contributed by atoms with Crippen LogP contribution in [-0.2, 0) is 14.3 Å². The highest BCUT2D eigenvalue weighted by atomic mass is 16.5. The van der Waals surface area contributed by atoms with Gasteiger partial charge in [-0.2, -0.15) is 0 Å². The van der Waals surface area contributed by atoms with Crippen LogP contribution in [0.5, 0.6) is 5.75 Å². The third kappa shape index (κ3) is 4.59. The maximum absolute atomic E-state index is 13.8. The molecule has 0 bridgehead atoms. The lowest BCUT2D eigenvalue weighted by Gasteiger charge is -2.21. The number of fused-ring (bicyclic) bond motifs is 2. The SMILES string of the molecule is CCOc1ccccc1NC(=O)C(=O)[C@@H](C(=O)c1ccc2ccccc2c1)[C@H]1OC(=O)c2ccccc21. The number of esters is 1. The summed E-state index contributed by atoms with van der Waals surface area (Å²) in [4.78, 5) is 53.2. The maximum Gasteiger partial charge on any atom is 0.339 e. The molecule has 2 atom stereocenters. The maximum atomic E-state index is 13.8. The third-order valence-corrected chi connectivity index (χ3v) is 6.28. The first kappa shape index (κ1) is 23.9. The Kier molecular flexibility index (Phi) is 6.51. The van der Waals surface area contributed by atoms with Gasteiger partial charge >= 0.3 is 5.97 Å². The molecular weight excluding hydrogens is 470 g/mol. The number of hydrogen-bond donors (Lipinski definition) is 1. The van der Waals surface area contributed by atoms with Gasteiger partial charge in [-0.3, -0.25) is 14.4 Å². The molecule has 1 aliphatic heterocycles. The number of Topliss-reactive ketones (excluding diaryl/α,β-unsaturated/α-hetero) is 2. The standard InChI is InChI=1S/C30H23NO6/c1-2-36-24-14-8-7-13-23(24)31-29(34)27(33)25(28-21-11-5-6-12-22(21)30(35)37-28)26(32)20-16-15-18-9-3-4-10-19(18)17-20/h3-17,25,28H,2H2,1H3,(H,31,34)/t25-,28+/m1/s1. The van der Waals surface area contributed by atoms with Crippen LogP contribution in [0.3, 0.4) is 0 Å². The number of ether oxygens (including phenoxy) is 2. The first-order valence-corrected chi connectivity index (χ1v) is 11.9. The average molecular weight is 494 g/mol. The summed E-state index contributed by atoms with van der Waals surface area (Å²) in [6, 6.07) is 25.8. The lowest BCUT2D eigenvalue weighted by molar-refractivity contribution is -0.138. The fraction of sp³-hybridized carbons (Fsp3) is 0.133.